The van der Waals surface area contributed by atoms with E-state index in [-0.39, 0.29) is 23.8 Å². The summed E-state index contributed by atoms with van der Waals surface area (Å²) >= 11 is 0. The summed E-state index contributed by atoms with van der Waals surface area (Å²) < 4.78 is 38.8. The third kappa shape index (κ3) is 5.31. The molecule has 0 aromatic carbocycles. The average Bonchev–Trinajstić information content (AvgIpc) is 2.34. The van der Waals surface area contributed by atoms with E-state index in [9.17, 15) is 17.6 Å². The molecular weight excluding hydrogens is 275 g/mol. The van der Waals surface area contributed by atoms with Crippen LogP contribution < -0.4 is 4.72 Å². The first-order valence-electron chi connectivity index (χ1n) is 5.63. The number of pyridine rings is 1. The van der Waals surface area contributed by atoms with Crippen LogP contribution in [-0.4, -0.2) is 31.0 Å². The van der Waals surface area contributed by atoms with Crippen molar-refractivity contribution in [3.63, 3.8) is 0 Å². The molecule has 1 heterocycles. The fraction of sp³-hybridized carbons (Fsp3) is 0.455. The van der Waals surface area contributed by atoms with Gasteiger partial charge in [-0.1, -0.05) is 6.92 Å². The molecule has 1 atom stereocenters. The molecule has 0 spiro atoms. The molecule has 1 aromatic rings. The van der Waals surface area contributed by atoms with Gasteiger partial charge in [0.2, 0.25) is 10.0 Å². The van der Waals surface area contributed by atoms with Gasteiger partial charge in [0.15, 0.2) is 0 Å². The van der Waals surface area contributed by atoms with Crippen molar-refractivity contribution in [2.75, 3.05) is 6.54 Å². The number of hydrogen-bond acceptors (Lipinski definition) is 4. The van der Waals surface area contributed by atoms with E-state index in [1.165, 1.54) is 0 Å². The number of nitrogens with one attached hydrogen (secondary N) is 1. The molecule has 6 nitrogen and oxygen atoms in total. The minimum Gasteiger partial charge on any atom is -0.481 e. The van der Waals surface area contributed by atoms with Crippen LogP contribution in [0.2, 0.25) is 0 Å². The van der Waals surface area contributed by atoms with Crippen molar-refractivity contribution in [2.45, 2.75) is 24.7 Å². The second-order valence-corrected chi connectivity index (χ2v) is 6.00. The molecule has 0 aliphatic heterocycles. The molecule has 0 aliphatic carbocycles. The number of sulfonamides is 1. The molecule has 19 heavy (non-hydrogen) atoms. The molecule has 0 bridgehead atoms. The summed E-state index contributed by atoms with van der Waals surface area (Å²) in [4.78, 5) is 13.6. The summed E-state index contributed by atoms with van der Waals surface area (Å²) in [7, 11) is -3.82. The highest BCUT2D eigenvalue weighted by Crippen LogP contribution is 2.10. The zero-order chi connectivity index (χ0) is 14.5. The highest BCUT2D eigenvalue weighted by molar-refractivity contribution is 7.89. The molecule has 0 aliphatic rings. The van der Waals surface area contributed by atoms with Gasteiger partial charge in [0.1, 0.15) is 10.7 Å². The lowest BCUT2D eigenvalue weighted by Crippen LogP contribution is -2.28. The zero-order valence-corrected chi connectivity index (χ0v) is 11.2. The Hall–Kier alpha value is -1.54. The molecule has 0 saturated carbocycles. The first kappa shape index (κ1) is 15.5. The number of aromatic nitrogens is 1. The molecule has 0 fully saturated rings. The quantitative estimate of drug-likeness (QED) is 0.781. The Morgan fingerprint density at radius 2 is 2.21 bits per heavy atom. The lowest BCUT2D eigenvalue weighted by molar-refractivity contribution is -0.137. The standard InChI is InChI=1S/C11H15FN2O4S/c1-8(2-3-11(15)16)5-14-19(17,18)10-4-9(12)6-13-7-10/h4,6-8,14H,2-3,5H2,1H3,(H,15,16). The molecule has 2 N–H and O–H groups in total. The molecule has 0 radical (unpaired) electrons. The van der Waals surface area contributed by atoms with Crippen LogP contribution in [0, 0.1) is 11.7 Å². The third-order valence-corrected chi connectivity index (χ3v) is 3.85. The van der Waals surface area contributed by atoms with Crippen molar-refractivity contribution in [3.8, 4) is 0 Å². The molecule has 1 rings (SSSR count). The van der Waals surface area contributed by atoms with E-state index < -0.39 is 21.8 Å². The number of rotatable bonds is 7. The SMILES string of the molecule is CC(CCC(=O)O)CNS(=O)(=O)c1cncc(F)c1. The number of carboxylic acid groups (broad SMARTS) is 1. The van der Waals surface area contributed by atoms with Crippen LogP contribution in [-0.2, 0) is 14.8 Å². The van der Waals surface area contributed by atoms with Gasteiger partial charge in [-0.3, -0.25) is 9.78 Å². The van der Waals surface area contributed by atoms with Crippen molar-refractivity contribution in [3.05, 3.63) is 24.3 Å². The topological polar surface area (TPSA) is 96.4 Å². The van der Waals surface area contributed by atoms with Gasteiger partial charge in [0, 0.05) is 19.2 Å². The van der Waals surface area contributed by atoms with Gasteiger partial charge < -0.3 is 5.11 Å². The second-order valence-electron chi connectivity index (χ2n) is 4.23. The van der Waals surface area contributed by atoms with Crippen molar-refractivity contribution < 1.29 is 22.7 Å². The van der Waals surface area contributed by atoms with Crippen LogP contribution in [0.3, 0.4) is 0 Å². The van der Waals surface area contributed by atoms with Crippen molar-refractivity contribution in [2.24, 2.45) is 5.92 Å². The number of halogens is 1. The molecule has 1 aromatic heterocycles. The van der Waals surface area contributed by atoms with E-state index in [0.29, 0.717) is 6.42 Å². The molecule has 0 amide bonds. The van der Waals surface area contributed by atoms with Crippen molar-refractivity contribution in [1.82, 2.24) is 9.71 Å². The Morgan fingerprint density at radius 3 is 2.79 bits per heavy atom. The van der Waals surface area contributed by atoms with E-state index in [4.69, 9.17) is 5.11 Å². The van der Waals surface area contributed by atoms with Gasteiger partial charge in [-0.15, -0.1) is 0 Å². The Morgan fingerprint density at radius 1 is 1.53 bits per heavy atom. The minimum absolute atomic E-state index is 0.0234. The summed E-state index contributed by atoms with van der Waals surface area (Å²) in [5.74, 6) is -1.79. The van der Waals surface area contributed by atoms with Crippen LogP contribution in [0.5, 0.6) is 0 Å². The van der Waals surface area contributed by atoms with E-state index in [1.807, 2.05) is 0 Å². The number of hydrogen-bond donors (Lipinski definition) is 2. The van der Waals surface area contributed by atoms with Crippen LogP contribution in [0.1, 0.15) is 19.8 Å². The Kier molecular flexibility index (Phi) is 5.37. The van der Waals surface area contributed by atoms with E-state index in [1.54, 1.807) is 6.92 Å². The first-order chi connectivity index (χ1) is 8.81. The van der Waals surface area contributed by atoms with Gasteiger partial charge >= 0.3 is 5.97 Å². The Labute approximate surface area is 110 Å². The Balaban J connectivity index is 2.58. The maximum atomic E-state index is 12.9. The van der Waals surface area contributed by atoms with Crippen LogP contribution in [0.25, 0.3) is 0 Å². The van der Waals surface area contributed by atoms with Crippen LogP contribution in [0.4, 0.5) is 4.39 Å². The smallest absolute Gasteiger partial charge is 0.303 e. The monoisotopic (exact) mass is 290 g/mol. The number of carbonyl (C=O) groups is 1. The maximum absolute atomic E-state index is 12.9. The number of carboxylic acids is 1. The van der Waals surface area contributed by atoms with Crippen molar-refractivity contribution >= 4 is 16.0 Å². The van der Waals surface area contributed by atoms with Gasteiger partial charge in [0.25, 0.3) is 0 Å². The van der Waals surface area contributed by atoms with Crippen molar-refractivity contribution in [1.29, 1.82) is 0 Å². The fourth-order valence-corrected chi connectivity index (χ4v) is 2.48. The summed E-state index contributed by atoms with van der Waals surface area (Å²) in [6.07, 6.45) is 2.30. The highest BCUT2D eigenvalue weighted by atomic mass is 32.2. The summed E-state index contributed by atoms with van der Waals surface area (Å²) in [6.45, 7) is 1.82. The summed E-state index contributed by atoms with van der Waals surface area (Å²) in [6, 6.07) is 0.872. The van der Waals surface area contributed by atoms with Crippen LogP contribution >= 0.6 is 0 Å². The van der Waals surface area contributed by atoms with E-state index in [0.717, 1.165) is 18.5 Å². The average molecular weight is 290 g/mol. The fourth-order valence-electron chi connectivity index (χ4n) is 1.35. The summed E-state index contributed by atoms with van der Waals surface area (Å²) in [5, 5.41) is 8.51. The zero-order valence-electron chi connectivity index (χ0n) is 10.3. The van der Waals surface area contributed by atoms with E-state index >= 15 is 0 Å². The molecule has 106 valence electrons. The highest BCUT2D eigenvalue weighted by Gasteiger charge is 2.16. The lowest BCUT2D eigenvalue weighted by Gasteiger charge is -2.11. The predicted octanol–water partition coefficient (Wildman–Crippen LogP) is 1.000. The molecule has 1 unspecified atom stereocenters. The second kappa shape index (κ2) is 6.58. The normalized spacial score (nSPS) is 13.2. The van der Waals surface area contributed by atoms with Gasteiger partial charge in [-0.2, -0.15) is 0 Å². The van der Waals surface area contributed by atoms with Crippen LogP contribution in [0.15, 0.2) is 23.4 Å². The number of aliphatic carboxylic acids is 1. The Bertz CT molecular complexity index is 547. The van der Waals surface area contributed by atoms with Gasteiger partial charge in [-0.05, 0) is 18.4 Å². The summed E-state index contributed by atoms with van der Waals surface area (Å²) in [5.41, 5.74) is 0. The molecule has 8 heteroatoms. The predicted molar refractivity (Wildman–Crippen MR) is 65.4 cm³/mol. The maximum Gasteiger partial charge on any atom is 0.303 e. The number of nitrogens with zero attached hydrogens (tertiary/aromatic N) is 1. The molecule has 0 saturated heterocycles. The van der Waals surface area contributed by atoms with E-state index in [2.05, 4.69) is 9.71 Å². The largest absolute Gasteiger partial charge is 0.481 e. The molecular formula is C11H15FN2O4S. The van der Waals surface area contributed by atoms with Gasteiger partial charge in [-0.25, -0.2) is 17.5 Å². The van der Waals surface area contributed by atoms with Gasteiger partial charge in [0.05, 0.1) is 6.20 Å². The third-order valence-electron chi connectivity index (χ3n) is 2.46. The lowest BCUT2D eigenvalue weighted by atomic mass is 10.1. The minimum atomic E-state index is -3.82. The first-order valence-corrected chi connectivity index (χ1v) is 7.11.